The van der Waals surface area contributed by atoms with E-state index in [1.54, 1.807) is 19.4 Å². The number of hydrogen-bond donors (Lipinski definition) is 1. The number of nitrogens with zero attached hydrogens (tertiary/aromatic N) is 2. The highest BCUT2D eigenvalue weighted by Crippen LogP contribution is 2.14. The number of aryl methyl sites for hydroxylation is 1. The quantitative estimate of drug-likeness (QED) is 0.694. The van der Waals surface area contributed by atoms with Crippen LogP contribution in [0.3, 0.4) is 0 Å². The summed E-state index contributed by atoms with van der Waals surface area (Å²) in [5, 5.41) is 6.76. The molecule has 0 radical (unpaired) electrons. The van der Waals surface area contributed by atoms with Crippen molar-refractivity contribution in [1.29, 1.82) is 0 Å². The second-order valence-electron chi connectivity index (χ2n) is 5.99. The highest BCUT2D eigenvalue weighted by Gasteiger charge is 2.12. The molecule has 0 spiro atoms. The molecule has 0 atom stereocenters. The second-order valence-corrected chi connectivity index (χ2v) is 5.99. The molecular weight excluding hydrogens is 334 g/mol. The highest BCUT2D eigenvalue weighted by molar-refractivity contribution is 5.89. The molecule has 7 nitrogen and oxygen atoms in total. The summed E-state index contributed by atoms with van der Waals surface area (Å²) in [4.78, 5) is 13.9. The molecule has 26 heavy (non-hydrogen) atoms. The third-order valence-corrected chi connectivity index (χ3v) is 3.69. The first-order valence-corrected chi connectivity index (χ1v) is 8.23. The van der Waals surface area contributed by atoms with E-state index in [-0.39, 0.29) is 6.03 Å². The Labute approximate surface area is 151 Å². The third kappa shape index (κ3) is 4.97. The van der Waals surface area contributed by atoms with Gasteiger partial charge in [-0.25, -0.2) is 4.79 Å². The van der Waals surface area contributed by atoms with E-state index in [4.69, 9.17) is 13.7 Å². The van der Waals surface area contributed by atoms with E-state index in [1.807, 2.05) is 43.3 Å². The molecule has 1 aromatic carbocycles. The topological polar surface area (TPSA) is 80.7 Å². The third-order valence-electron chi connectivity index (χ3n) is 3.69. The van der Waals surface area contributed by atoms with Gasteiger partial charge in [-0.3, -0.25) is 0 Å². The fourth-order valence-electron chi connectivity index (χ4n) is 2.43. The number of urea groups is 1. The SMILES string of the molecule is Cc1cc(CN(C)C(=O)Nc2cccc(COCc3ccco3)c2)no1. The first-order chi connectivity index (χ1) is 12.6. The van der Waals surface area contributed by atoms with Crippen LogP contribution in [0.15, 0.2) is 57.7 Å². The largest absolute Gasteiger partial charge is 0.467 e. The predicted molar refractivity (Wildman–Crippen MR) is 95.4 cm³/mol. The lowest BCUT2D eigenvalue weighted by molar-refractivity contribution is 0.0930. The number of anilines is 1. The molecular formula is C19H21N3O4. The molecule has 7 heteroatoms. The Morgan fingerprint density at radius 3 is 2.85 bits per heavy atom. The zero-order chi connectivity index (χ0) is 18.4. The fourth-order valence-corrected chi connectivity index (χ4v) is 2.43. The predicted octanol–water partition coefficient (Wildman–Crippen LogP) is 3.96. The van der Waals surface area contributed by atoms with Gasteiger partial charge >= 0.3 is 6.03 Å². The Morgan fingerprint density at radius 2 is 2.12 bits per heavy atom. The fraction of sp³-hybridized carbons (Fsp3) is 0.263. The van der Waals surface area contributed by atoms with Crippen molar-refractivity contribution in [2.75, 3.05) is 12.4 Å². The van der Waals surface area contributed by atoms with Crippen LogP contribution in [0.25, 0.3) is 0 Å². The number of nitrogens with one attached hydrogen (secondary N) is 1. The van der Waals surface area contributed by atoms with E-state index in [0.29, 0.717) is 31.1 Å². The van der Waals surface area contributed by atoms with Gasteiger partial charge in [0.05, 0.1) is 19.4 Å². The van der Waals surface area contributed by atoms with Crippen LogP contribution in [0, 0.1) is 6.92 Å². The van der Waals surface area contributed by atoms with Crippen LogP contribution in [0.1, 0.15) is 22.8 Å². The number of aromatic nitrogens is 1. The number of carbonyl (C=O) groups is 1. The lowest BCUT2D eigenvalue weighted by Gasteiger charge is -2.17. The smallest absolute Gasteiger partial charge is 0.321 e. The zero-order valence-electron chi connectivity index (χ0n) is 14.8. The van der Waals surface area contributed by atoms with Gasteiger partial charge in [-0.1, -0.05) is 17.3 Å². The van der Waals surface area contributed by atoms with Gasteiger partial charge in [0.2, 0.25) is 0 Å². The summed E-state index contributed by atoms with van der Waals surface area (Å²) in [5.41, 5.74) is 2.38. The van der Waals surface area contributed by atoms with Crippen LogP contribution < -0.4 is 5.32 Å². The second kappa shape index (κ2) is 8.35. The van der Waals surface area contributed by atoms with Crippen molar-refractivity contribution in [2.45, 2.75) is 26.7 Å². The number of ether oxygens (including phenoxy) is 1. The van der Waals surface area contributed by atoms with E-state index in [0.717, 1.165) is 17.1 Å². The lowest BCUT2D eigenvalue weighted by Crippen LogP contribution is -2.30. The van der Waals surface area contributed by atoms with Gasteiger partial charge in [-0.15, -0.1) is 0 Å². The van der Waals surface area contributed by atoms with Crippen molar-refractivity contribution in [1.82, 2.24) is 10.1 Å². The van der Waals surface area contributed by atoms with Crippen LogP contribution in [-0.2, 0) is 24.5 Å². The van der Waals surface area contributed by atoms with E-state index in [9.17, 15) is 4.79 Å². The first kappa shape index (κ1) is 17.8. The molecule has 2 heterocycles. The minimum absolute atomic E-state index is 0.223. The van der Waals surface area contributed by atoms with Gasteiger partial charge in [0.1, 0.15) is 23.8 Å². The molecule has 2 aromatic heterocycles. The van der Waals surface area contributed by atoms with E-state index in [1.165, 1.54) is 4.90 Å². The van der Waals surface area contributed by atoms with Gasteiger partial charge in [-0.2, -0.15) is 0 Å². The van der Waals surface area contributed by atoms with Crippen LogP contribution in [0.2, 0.25) is 0 Å². The highest BCUT2D eigenvalue weighted by atomic mass is 16.5. The van der Waals surface area contributed by atoms with Gasteiger partial charge < -0.3 is 23.9 Å². The molecule has 3 rings (SSSR count). The maximum atomic E-state index is 12.3. The number of rotatable bonds is 7. The molecule has 0 aliphatic carbocycles. The minimum Gasteiger partial charge on any atom is -0.467 e. The Hall–Kier alpha value is -3.06. The Balaban J connectivity index is 1.51. The molecule has 0 aliphatic rings. The van der Waals surface area contributed by atoms with E-state index >= 15 is 0 Å². The lowest BCUT2D eigenvalue weighted by atomic mass is 10.2. The summed E-state index contributed by atoms with van der Waals surface area (Å²) < 4.78 is 15.9. The number of benzene rings is 1. The molecule has 0 saturated carbocycles. The van der Waals surface area contributed by atoms with Gasteiger partial charge in [0, 0.05) is 18.8 Å². The van der Waals surface area contributed by atoms with Crippen LogP contribution >= 0.6 is 0 Å². The Morgan fingerprint density at radius 1 is 1.23 bits per heavy atom. The summed E-state index contributed by atoms with van der Waals surface area (Å²) in [5.74, 6) is 1.50. The number of carbonyl (C=O) groups excluding carboxylic acids is 1. The molecule has 2 amide bonds. The van der Waals surface area contributed by atoms with Crippen molar-refractivity contribution in [2.24, 2.45) is 0 Å². The van der Waals surface area contributed by atoms with Gasteiger partial charge in [-0.05, 0) is 36.8 Å². The molecule has 0 bridgehead atoms. The standard InChI is InChI=1S/C19H21N3O4/c1-14-9-17(21-26-14)11-22(2)19(23)20-16-6-3-5-15(10-16)12-24-13-18-7-4-8-25-18/h3-10H,11-13H2,1-2H3,(H,20,23). The summed E-state index contributed by atoms with van der Waals surface area (Å²) >= 11 is 0. The van der Waals surface area contributed by atoms with Crippen LogP contribution in [0.4, 0.5) is 10.5 Å². The van der Waals surface area contributed by atoms with Gasteiger partial charge in [0.25, 0.3) is 0 Å². The van der Waals surface area contributed by atoms with Gasteiger partial charge in [0.15, 0.2) is 0 Å². The van der Waals surface area contributed by atoms with Crippen LogP contribution in [-0.4, -0.2) is 23.1 Å². The molecule has 0 saturated heterocycles. The number of hydrogen-bond acceptors (Lipinski definition) is 5. The first-order valence-electron chi connectivity index (χ1n) is 8.23. The average Bonchev–Trinajstić information content (AvgIpc) is 3.27. The molecule has 3 aromatic rings. The minimum atomic E-state index is -0.223. The maximum Gasteiger partial charge on any atom is 0.321 e. The summed E-state index contributed by atoms with van der Waals surface area (Å²) in [6.45, 7) is 3.02. The van der Waals surface area contributed by atoms with Crippen molar-refractivity contribution >= 4 is 11.7 Å². The normalized spacial score (nSPS) is 10.7. The summed E-state index contributed by atoms with van der Waals surface area (Å²) in [7, 11) is 1.70. The summed E-state index contributed by atoms with van der Waals surface area (Å²) in [6, 6.07) is 12.8. The van der Waals surface area contributed by atoms with Crippen molar-refractivity contribution in [3.05, 3.63) is 71.5 Å². The molecule has 136 valence electrons. The van der Waals surface area contributed by atoms with Crippen molar-refractivity contribution in [3.8, 4) is 0 Å². The molecule has 1 N–H and O–H groups in total. The zero-order valence-corrected chi connectivity index (χ0v) is 14.8. The van der Waals surface area contributed by atoms with Crippen molar-refractivity contribution in [3.63, 3.8) is 0 Å². The summed E-state index contributed by atoms with van der Waals surface area (Å²) in [6.07, 6.45) is 1.62. The van der Waals surface area contributed by atoms with Crippen molar-refractivity contribution < 1.29 is 18.5 Å². The Kier molecular flexibility index (Phi) is 5.70. The average molecular weight is 355 g/mol. The monoisotopic (exact) mass is 355 g/mol. The number of furan rings is 1. The van der Waals surface area contributed by atoms with E-state index < -0.39 is 0 Å². The molecule has 0 aliphatic heterocycles. The maximum absolute atomic E-state index is 12.3. The Bertz CT molecular complexity index is 842. The van der Waals surface area contributed by atoms with Crippen LogP contribution in [0.5, 0.6) is 0 Å². The van der Waals surface area contributed by atoms with E-state index in [2.05, 4.69) is 10.5 Å². The number of amides is 2. The molecule has 0 fully saturated rings. The molecule has 0 unspecified atom stereocenters.